The van der Waals surface area contributed by atoms with Crippen LogP contribution in [0.3, 0.4) is 0 Å². The summed E-state index contributed by atoms with van der Waals surface area (Å²) < 4.78 is 26.5. The van der Waals surface area contributed by atoms with E-state index in [1.807, 2.05) is 30.3 Å². The second kappa shape index (κ2) is 8.29. The topological polar surface area (TPSA) is 83.8 Å². The molecule has 7 nitrogen and oxygen atoms in total. The van der Waals surface area contributed by atoms with Gasteiger partial charge in [0.1, 0.15) is 5.69 Å². The van der Waals surface area contributed by atoms with Gasteiger partial charge in [0.2, 0.25) is 10.0 Å². The van der Waals surface area contributed by atoms with E-state index in [1.54, 1.807) is 25.8 Å². The molecule has 0 aromatic heterocycles. The Balaban J connectivity index is 2.42. The van der Waals surface area contributed by atoms with Crippen molar-refractivity contribution in [2.75, 3.05) is 25.0 Å². The Morgan fingerprint density at radius 2 is 1.65 bits per heavy atom. The Morgan fingerprint density at radius 3 is 2.19 bits per heavy atom. The number of sulfonamides is 1. The first-order valence-corrected chi connectivity index (χ1v) is 9.78. The molecule has 0 bridgehead atoms. The normalized spacial score (nSPS) is 11.5. The molecule has 0 aliphatic carbocycles. The van der Waals surface area contributed by atoms with Gasteiger partial charge in [-0.25, -0.2) is 8.42 Å². The van der Waals surface area contributed by atoms with Gasteiger partial charge in [0.25, 0.3) is 5.69 Å². The Kier molecular flexibility index (Phi) is 6.33. The molecule has 0 fully saturated rings. The molecule has 0 amide bonds. The molecule has 0 saturated carbocycles. The summed E-state index contributed by atoms with van der Waals surface area (Å²) in [7, 11) is -2.00. The number of hydrogen-bond donors (Lipinski definition) is 0. The van der Waals surface area contributed by atoms with Gasteiger partial charge in [0.05, 0.1) is 9.82 Å². The van der Waals surface area contributed by atoms with Crippen LogP contribution in [-0.4, -0.2) is 37.8 Å². The summed E-state index contributed by atoms with van der Waals surface area (Å²) in [6, 6.07) is 13.6. The third kappa shape index (κ3) is 4.20. The van der Waals surface area contributed by atoms with E-state index in [-0.39, 0.29) is 10.6 Å². The quantitative estimate of drug-likeness (QED) is 0.521. The lowest BCUT2D eigenvalue weighted by Crippen LogP contribution is -2.30. The fourth-order valence-corrected chi connectivity index (χ4v) is 4.27. The van der Waals surface area contributed by atoms with Gasteiger partial charge < -0.3 is 4.90 Å². The maximum atomic E-state index is 12.6. The van der Waals surface area contributed by atoms with Crippen LogP contribution in [0.5, 0.6) is 0 Å². The number of nitro groups is 1. The molecule has 0 N–H and O–H groups in total. The molecule has 26 heavy (non-hydrogen) atoms. The smallest absolute Gasteiger partial charge is 0.293 e. The lowest BCUT2D eigenvalue weighted by Gasteiger charge is -2.21. The predicted molar refractivity (Wildman–Crippen MR) is 102 cm³/mol. The fraction of sp³-hybridized carbons (Fsp3) is 0.333. The monoisotopic (exact) mass is 377 g/mol. The number of nitro benzene ring substituents is 1. The highest BCUT2D eigenvalue weighted by atomic mass is 32.2. The summed E-state index contributed by atoms with van der Waals surface area (Å²) in [5.41, 5.74) is 1.15. The number of benzene rings is 2. The van der Waals surface area contributed by atoms with Gasteiger partial charge in [-0.15, -0.1) is 0 Å². The second-order valence-electron chi connectivity index (χ2n) is 5.84. The highest BCUT2D eigenvalue weighted by Gasteiger charge is 2.26. The van der Waals surface area contributed by atoms with E-state index in [9.17, 15) is 18.5 Å². The third-order valence-corrected chi connectivity index (χ3v) is 6.21. The molecule has 2 aromatic carbocycles. The van der Waals surface area contributed by atoms with Gasteiger partial charge in [0.15, 0.2) is 0 Å². The Labute approximate surface area is 154 Å². The summed E-state index contributed by atoms with van der Waals surface area (Å²) in [5, 5.41) is 11.5. The molecule has 140 valence electrons. The molecule has 2 aromatic rings. The van der Waals surface area contributed by atoms with Gasteiger partial charge in [-0.1, -0.05) is 44.2 Å². The van der Waals surface area contributed by atoms with E-state index in [4.69, 9.17) is 0 Å². The highest BCUT2D eigenvalue weighted by Crippen LogP contribution is 2.32. The SMILES string of the molecule is CCN(CC)S(=O)(=O)c1ccc(N(C)Cc2ccccc2)c([N+](=O)[O-])c1. The van der Waals surface area contributed by atoms with Gasteiger partial charge in [-0.05, 0) is 17.7 Å². The van der Waals surface area contributed by atoms with E-state index >= 15 is 0 Å². The average Bonchev–Trinajstić information content (AvgIpc) is 2.62. The zero-order valence-corrected chi connectivity index (χ0v) is 15.9. The van der Waals surface area contributed by atoms with Crippen LogP contribution in [-0.2, 0) is 16.6 Å². The maximum Gasteiger partial charge on any atom is 0.293 e. The molecule has 0 atom stereocenters. The van der Waals surface area contributed by atoms with Crippen molar-refractivity contribution in [2.24, 2.45) is 0 Å². The van der Waals surface area contributed by atoms with Crippen molar-refractivity contribution < 1.29 is 13.3 Å². The molecule has 0 heterocycles. The lowest BCUT2D eigenvalue weighted by molar-refractivity contribution is -0.384. The highest BCUT2D eigenvalue weighted by molar-refractivity contribution is 7.89. The van der Waals surface area contributed by atoms with Crippen LogP contribution in [0.2, 0.25) is 0 Å². The first kappa shape index (κ1) is 19.9. The first-order valence-electron chi connectivity index (χ1n) is 8.34. The van der Waals surface area contributed by atoms with Crippen LogP contribution in [0, 0.1) is 10.1 Å². The zero-order chi connectivity index (χ0) is 19.3. The molecule has 0 aliphatic rings. The maximum absolute atomic E-state index is 12.6. The summed E-state index contributed by atoms with van der Waals surface area (Å²) >= 11 is 0. The molecule has 0 radical (unpaired) electrons. The molecule has 8 heteroatoms. The number of nitrogens with zero attached hydrogens (tertiary/aromatic N) is 3. The Morgan fingerprint density at radius 1 is 1.04 bits per heavy atom. The average molecular weight is 377 g/mol. The van der Waals surface area contributed by atoms with Crippen molar-refractivity contribution in [3.05, 3.63) is 64.2 Å². The van der Waals surface area contributed by atoms with Gasteiger partial charge >= 0.3 is 0 Å². The van der Waals surface area contributed by atoms with E-state index in [2.05, 4.69) is 0 Å². The summed E-state index contributed by atoms with van der Waals surface area (Å²) in [6.45, 7) is 4.56. The predicted octanol–water partition coefficient (Wildman–Crippen LogP) is 3.26. The Hall–Kier alpha value is -2.45. The van der Waals surface area contributed by atoms with E-state index in [0.717, 1.165) is 11.6 Å². The molecular formula is C18H23N3O4S. The van der Waals surface area contributed by atoms with Crippen molar-refractivity contribution >= 4 is 21.4 Å². The van der Waals surface area contributed by atoms with Gasteiger partial charge in [-0.2, -0.15) is 4.31 Å². The minimum Gasteiger partial charge on any atom is -0.365 e. The summed E-state index contributed by atoms with van der Waals surface area (Å²) in [5.74, 6) is 0. The summed E-state index contributed by atoms with van der Waals surface area (Å²) in [6.07, 6.45) is 0. The van der Waals surface area contributed by atoms with Crippen LogP contribution in [0.4, 0.5) is 11.4 Å². The fourth-order valence-electron chi connectivity index (χ4n) is 2.79. The number of hydrogen-bond acceptors (Lipinski definition) is 5. The van der Waals surface area contributed by atoms with Gasteiger partial charge in [-0.3, -0.25) is 10.1 Å². The molecule has 0 aliphatic heterocycles. The van der Waals surface area contributed by atoms with Crippen LogP contribution >= 0.6 is 0 Å². The van der Waals surface area contributed by atoms with Crippen molar-refractivity contribution in [1.29, 1.82) is 0 Å². The molecule has 0 saturated heterocycles. The van der Waals surface area contributed by atoms with E-state index in [1.165, 1.54) is 16.4 Å². The largest absolute Gasteiger partial charge is 0.365 e. The third-order valence-electron chi connectivity index (χ3n) is 4.16. The van der Waals surface area contributed by atoms with Crippen LogP contribution in [0.15, 0.2) is 53.4 Å². The minimum atomic E-state index is -3.75. The number of anilines is 1. The lowest BCUT2D eigenvalue weighted by atomic mass is 10.2. The van der Waals surface area contributed by atoms with Crippen molar-refractivity contribution in [2.45, 2.75) is 25.3 Å². The molecule has 0 spiro atoms. The number of rotatable bonds is 8. The van der Waals surface area contributed by atoms with Crippen LogP contribution in [0.1, 0.15) is 19.4 Å². The van der Waals surface area contributed by atoms with E-state index < -0.39 is 14.9 Å². The van der Waals surface area contributed by atoms with E-state index in [0.29, 0.717) is 25.3 Å². The van der Waals surface area contributed by atoms with Crippen LogP contribution in [0.25, 0.3) is 0 Å². The van der Waals surface area contributed by atoms with Crippen molar-refractivity contribution in [3.8, 4) is 0 Å². The minimum absolute atomic E-state index is 0.0650. The molecule has 0 unspecified atom stereocenters. The first-order chi connectivity index (χ1) is 12.3. The van der Waals surface area contributed by atoms with Crippen LogP contribution < -0.4 is 4.90 Å². The zero-order valence-electron chi connectivity index (χ0n) is 15.1. The van der Waals surface area contributed by atoms with Gasteiger partial charge in [0, 0.05) is 32.7 Å². The standard InChI is InChI=1S/C18H23N3O4S/c1-4-20(5-2)26(24,25)16-11-12-17(18(13-16)21(22)23)19(3)14-15-9-7-6-8-10-15/h6-13H,4-5,14H2,1-3H3. The Bertz CT molecular complexity index is 865. The summed E-state index contributed by atoms with van der Waals surface area (Å²) in [4.78, 5) is 12.7. The molecular weight excluding hydrogens is 354 g/mol. The molecule has 2 rings (SSSR count). The second-order valence-corrected chi connectivity index (χ2v) is 7.78. The van der Waals surface area contributed by atoms with Crippen molar-refractivity contribution in [1.82, 2.24) is 4.31 Å². The van der Waals surface area contributed by atoms with Crippen molar-refractivity contribution in [3.63, 3.8) is 0 Å².